The number of methoxy groups -OCH3 is 1. The second-order valence-electron chi connectivity index (χ2n) is 7.55. The van der Waals surface area contributed by atoms with Crippen LogP contribution in [0.1, 0.15) is 25.8 Å². The first-order chi connectivity index (χ1) is 16.0. The molecule has 2 aromatic carbocycles. The van der Waals surface area contributed by atoms with Crippen LogP contribution in [0.5, 0.6) is 5.75 Å². The largest absolute Gasteiger partial charge is 0.497 e. The highest BCUT2D eigenvalue weighted by atomic mass is 35.5. The Morgan fingerprint density at radius 2 is 1.74 bits per heavy atom. The van der Waals surface area contributed by atoms with E-state index in [-0.39, 0.29) is 28.2 Å². The average Bonchev–Trinajstić information content (AvgIpc) is 2.78. The van der Waals surface area contributed by atoms with Crippen molar-refractivity contribution < 1.29 is 22.7 Å². The highest BCUT2D eigenvalue weighted by molar-refractivity contribution is 7.92. The van der Waals surface area contributed by atoms with Crippen LogP contribution < -0.4 is 14.4 Å². The lowest BCUT2D eigenvalue weighted by atomic mass is 10.1. The quantitative estimate of drug-likeness (QED) is 0.478. The van der Waals surface area contributed by atoms with E-state index in [2.05, 4.69) is 5.32 Å². The van der Waals surface area contributed by atoms with Crippen molar-refractivity contribution in [3.05, 3.63) is 58.1 Å². The Hall–Kier alpha value is -2.49. The number of ether oxygens (including phenoxy) is 1. The van der Waals surface area contributed by atoms with E-state index < -0.39 is 28.5 Å². The van der Waals surface area contributed by atoms with Gasteiger partial charge in [0, 0.05) is 18.1 Å². The lowest BCUT2D eigenvalue weighted by Crippen LogP contribution is -2.52. The molecule has 0 unspecified atom stereocenters. The summed E-state index contributed by atoms with van der Waals surface area (Å²) in [5.74, 6) is -0.231. The van der Waals surface area contributed by atoms with Gasteiger partial charge in [-0.05, 0) is 49.2 Å². The second-order valence-corrected chi connectivity index (χ2v) is 10.3. The van der Waals surface area contributed by atoms with Crippen LogP contribution in [0.4, 0.5) is 5.69 Å². The average molecular weight is 530 g/mol. The first-order valence-electron chi connectivity index (χ1n) is 10.6. The van der Waals surface area contributed by atoms with Crippen LogP contribution in [0, 0.1) is 0 Å². The van der Waals surface area contributed by atoms with Gasteiger partial charge in [0.15, 0.2) is 0 Å². The molecule has 186 valence electrons. The Labute approximate surface area is 210 Å². The molecular weight excluding hydrogens is 501 g/mol. The molecule has 1 atom stereocenters. The number of sulfonamides is 1. The number of halogens is 2. The van der Waals surface area contributed by atoms with Crippen LogP contribution in [-0.2, 0) is 26.2 Å². The summed E-state index contributed by atoms with van der Waals surface area (Å²) in [5, 5.41) is 3.14. The third kappa shape index (κ3) is 7.25. The van der Waals surface area contributed by atoms with Gasteiger partial charge in [0.2, 0.25) is 21.8 Å². The summed E-state index contributed by atoms with van der Waals surface area (Å²) in [6.45, 7) is 3.51. The van der Waals surface area contributed by atoms with Crippen LogP contribution in [0.25, 0.3) is 0 Å². The van der Waals surface area contributed by atoms with E-state index in [1.165, 1.54) is 23.1 Å². The number of benzene rings is 2. The highest BCUT2D eigenvalue weighted by Gasteiger charge is 2.32. The van der Waals surface area contributed by atoms with Gasteiger partial charge in [-0.25, -0.2) is 8.42 Å². The molecule has 8 nitrogen and oxygen atoms in total. The zero-order valence-corrected chi connectivity index (χ0v) is 21.9. The fourth-order valence-corrected chi connectivity index (χ4v) is 4.70. The van der Waals surface area contributed by atoms with Crippen molar-refractivity contribution >= 4 is 50.7 Å². The summed E-state index contributed by atoms with van der Waals surface area (Å²) in [4.78, 5) is 27.7. The molecule has 2 rings (SSSR count). The predicted molar refractivity (Wildman–Crippen MR) is 135 cm³/mol. The summed E-state index contributed by atoms with van der Waals surface area (Å²) < 4.78 is 31.3. The Kier molecular flexibility index (Phi) is 10.0. The summed E-state index contributed by atoms with van der Waals surface area (Å²) in [5.41, 5.74) is 0.837. The number of nitrogens with one attached hydrogen (secondary N) is 1. The summed E-state index contributed by atoms with van der Waals surface area (Å²) in [6.07, 6.45) is 1.32. The first-order valence-corrected chi connectivity index (χ1v) is 13.2. The zero-order valence-electron chi connectivity index (χ0n) is 19.5. The maximum Gasteiger partial charge on any atom is 0.244 e. The van der Waals surface area contributed by atoms with Crippen molar-refractivity contribution in [3.63, 3.8) is 0 Å². The summed E-state index contributed by atoms with van der Waals surface area (Å²) in [6, 6.07) is 10.6. The summed E-state index contributed by atoms with van der Waals surface area (Å²) >= 11 is 12.3. The SMILES string of the molecule is CCNC(=O)[C@@H](CC)N(Cc1ccc(OC)cc1)C(=O)CN(c1cc(Cl)ccc1Cl)S(C)(=O)=O. The molecule has 34 heavy (non-hydrogen) atoms. The van der Waals surface area contributed by atoms with Crippen molar-refractivity contribution in [2.24, 2.45) is 0 Å². The van der Waals surface area contributed by atoms with Crippen LogP contribution in [-0.4, -0.2) is 57.6 Å². The van der Waals surface area contributed by atoms with E-state index in [1.54, 1.807) is 45.2 Å². The van der Waals surface area contributed by atoms with E-state index >= 15 is 0 Å². The molecule has 0 aromatic heterocycles. The van der Waals surface area contributed by atoms with Crippen LogP contribution in [0.2, 0.25) is 10.0 Å². The van der Waals surface area contributed by atoms with Gasteiger partial charge in [0.1, 0.15) is 18.3 Å². The van der Waals surface area contributed by atoms with E-state index in [4.69, 9.17) is 27.9 Å². The molecule has 0 heterocycles. The lowest BCUT2D eigenvalue weighted by Gasteiger charge is -2.33. The van der Waals surface area contributed by atoms with Gasteiger partial charge in [-0.15, -0.1) is 0 Å². The molecule has 11 heteroatoms. The van der Waals surface area contributed by atoms with E-state index in [0.29, 0.717) is 18.7 Å². The van der Waals surface area contributed by atoms with Crippen LogP contribution in [0.15, 0.2) is 42.5 Å². The molecule has 2 amide bonds. The molecule has 2 aromatic rings. The molecule has 0 aliphatic rings. The Balaban J connectivity index is 2.46. The van der Waals surface area contributed by atoms with Gasteiger partial charge in [-0.3, -0.25) is 13.9 Å². The fraction of sp³-hybridized carbons (Fsp3) is 0.391. The second kappa shape index (κ2) is 12.3. The first kappa shape index (κ1) is 27.8. The van der Waals surface area contributed by atoms with E-state index in [9.17, 15) is 18.0 Å². The standard InChI is InChI=1S/C23H29Cl2N3O5S/c1-5-20(23(30)26-6-2)27(14-16-7-10-18(33-3)11-8-16)22(29)15-28(34(4,31)32)21-13-17(24)9-12-19(21)25/h7-13,20H,5-6,14-15H2,1-4H3,(H,26,30)/t20-/m1/s1. The van der Waals surface area contributed by atoms with Crippen LogP contribution in [0.3, 0.4) is 0 Å². The number of rotatable bonds is 11. The van der Waals surface area contributed by atoms with Crippen LogP contribution >= 0.6 is 23.2 Å². The number of hydrogen-bond acceptors (Lipinski definition) is 5. The van der Waals surface area contributed by atoms with Crippen molar-refractivity contribution in [2.75, 3.05) is 30.8 Å². The molecule has 0 spiro atoms. The van der Waals surface area contributed by atoms with Crippen molar-refractivity contribution in [3.8, 4) is 5.75 Å². The number of nitrogens with zero attached hydrogens (tertiary/aromatic N) is 2. The maximum atomic E-state index is 13.5. The molecule has 0 radical (unpaired) electrons. The van der Waals surface area contributed by atoms with Crippen molar-refractivity contribution in [1.82, 2.24) is 10.2 Å². The van der Waals surface area contributed by atoms with Crippen molar-refractivity contribution in [2.45, 2.75) is 32.9 Å². The number of hydrogen-bond donors (Lipinski definition) is 1. The monoisotopic (exact) mass is 529 g/mol. The molecule has 0 aliphatic carbocycles. The van der Waals surface area contributed by atoms with Gasteiger partial charge in [0.25, 0.3) is 0 Å². The maximum absolute atomic E-state index is 13.5. The number of anilines is 1. The van der Waals surface area contributed by atoms with Gasteiger partial charge < -0.3 is 15.0 Å². The normalized spacial score (nSPS) is 12.1. The molecule has 0 fully saturated rings. The lowest BCUT2D eigenvalue weighted by molar-refractivity contribution is -0.140. The Bertz CT molecular complexity index is 1110. The van der Waals surface area contributed by atoms with Gasteiger partial charge in [0.05, 0.1) is 24.1 Å². The molecule has 0 saturated carbocycles. The third-order valence-electron chi connectivity index (χ3n) is 5.10. The molecule has 1 N–H and O–H groups in total. The predicted octanol–water partition coefficient (Wildman–Crippen LogP) is 3.71. The topological polar surface area (TPSA) is 96.0 Å². The Morgan fingerprint density at radius 3 is 2.26 bits per heavy atom. The molecule has 0 bridgehead atoms. The molecular formula is C23H29Cl2N3O5S. The third-order valence-corrected chi connectivity index (χ3v) is 6.79. The number of carbonyl (C=O) groups is 2. The minimum atomic E-state index is -3.90. The smallest absolute Gasteiger partial charge is 0.244 e. The Morgan fingerprint density at radius 1 is 1.09 bits per heavy atom. The summed E-state index contributed by atoms with van der Waals surface area (Å²) in [7, 11) is -2.36. The molecule has 0 aliphatic heterocycles. The number of likely N-dealkylation sites (N-methyl/N-ethyl adjacent to an activating group) is 1. The van der Waals surface area contributed by atoms with Gasteiger partial charge >= 0.3 is 0 Å². The zero-order chi connectivity index (χ0) is 25.5. The number of carbonyl (C=O) groups excluding carboxylic acids is 2. The highest BCUT2D eigenvalue weighted by Crippen LogP contribution is 2.31. The van der Waals surface area contributed by atoms with Gasteiger partial charge in [-0.2, -0.15) is 0 Å². The van der Waals surface area contributed by atoms with Crippen molar-refractivity contribution in [1.29, 1.82) is 0 Å². The van der Waals surface area contributed by atoms with Gasteiger partial charge in [-0.1, -0.05) is 42.3 Å². The van der Waals surface area contributed by atoms with E-state index in [0.717, 1.165) is 16.1 Å². The molecule has 0 saturated heterocycles. The minimum Gasteiger partial charge on any atom is -0.497 e. The number of amides is 2. The fourth-order valence-electron chi connectivity index (χ4n) is 3.41. The minimum absolute atomic E-state index is 0.0838. The van der Waals surface area contributed by atoms with E-state index in [1.807, 2.05) is 0 Å².